The molecule has 1 aromatic heterocycles. The third-order valence-electron chi connectivity index (χ3n) is 5.14. The summed E-state index contributed by atoms with van der Waals surface area (Å²) >= 11 is 0. The fourth-order valence-electron chi connectivity index (χ4n) is 3.59. The number of aromatic nitrogens is 2. The van der Waals surface area contributed by atoms with Crippen molar-refractivity contribution in [2.24, 2.45) is 0 Å². The van der Waals surface area contributed by atoms with E-state index < -0.39 is 0 Å². The zero-order valence-electron chi connectivity index (χ0n) is 16.2. The molecule has 1 N–H and O–H groups in total. The lowest BCUT2D eigenvalue weighted by Crippen LogP contribution is -2.36. The Labute approximate surface area is 165 Å². The molecule has 5 nitrogen and oxygen atoms in total. The summed E-state index contributed by atoms with van der Waals surface area (Å²) in [4.78, 5) is 23.9. The van der Waals surface area contributed by atoms with Gasteiger partial charge < -0.3 is 10.2 Å². The number of carbonyl (C=O) groups excluding carboxylic acids is 1. The normalized spacial score (nSPS) is 14.3. The standard InChI is InChI=1S/C23H24N4O/c1-16-14-21(22(28)27-13-12-19-10-6-7-11-20(19)15-27)26-23(24-16)25-17(2)18-8-4-3-5-9-18/h3-11,14,17H,12-13,15H2,1-2H3,(H,24,25,26). The number of carbonyl (C=O) groups is 1. The maximum Gasteiger partial charge on any atom is 0.272 e. The van der Waals surface area contributed by atoms with E-state index >= 15 is 0 Å². The van der Waals surface area contributed by atoms with E-state index in [1.807, 2.05) is 36.1 Å². The van der Waals surface area contributed by atoms with Gasteiger partial charge in [-0.2, -0.15) is 0 Å². The molecule has 0 bridgehead atoms. The molecule has 1 unspecified atom stereocenters. The van der Waals surface area contributed by atoms with E-state index in [9.17, 15) is 4.79 Å². The molecule has 0 radical (unpaired) electrons. The molecule has 28 heavy (non-hydrogen) atoms. The van der Waals surface area contributed by atoms with Crippen molar-refractivity contribution in [3.8, 4) is 0 Å². The van der Waals surface area contributed by atoms with Crippen LogP contribution in [0.4, 0.5) is 5.95 Å². The van der Waals surface area contributed by atoms with Crippen molar-refractivity contribution in [2.45, 2.75) is 32.9 Å². The second-order valence-corrected chi connectivity index (χ2v) is 7.24. The van der Waals surface area contributed by atoms with Crippen molar-refractivity contribution in [1.82, 2.24) is 14.9 Å². The summed E-state index contributed by atoms with van der Waals surface area (Å²) in [5.41, 5.74) is 4.90. The maximum atomic E-state index is 13.1. The summed E-state index contributed by atoms with van der Waals surface area (Å²) in [6, 6.07) is 20.2. The first-order valence-electron chi connectivity index (χ1n) is 9.63. The van der Waals surface area contributed by atoms with E-state index in [0.717, 1.165) is 17.7 Å². The smallest absolute Gasteiger partial charge is 0.272 e. The molecule has 0 saturated carbocycles. The topological polar surface area (TPSA) is 58.1 Å². The second-order valence-electron chi connectivity index (χ2n) is 7.24. The molecule has 0 spiro atoms. The van der Waals surface area contributed by atoms with Gasteiger partial charge in [-0.05, 0) is 43.0 Å². The van der Waals surface area contributed by atoms with Crippen LogP contribution in [0.5, 0.6) is 0 Å². The molecule has 2 heterocycles. The minimum absolute atomic E-state index is 0.0459. The highest BCUT2D eigenvalue weighted by Gasteiger charge is 2.23. The molecule has 0 fully saturated rings. The minimum atomic E-state index is -0.0459. The lowest BCUT2D eigenvalue weighted by Gasteiger charge is -2.28. The van der Waals surface area contributed by atoms with Gasteiger partial charge in [0.25, 0.3) is 5.91 Å². The van der Waals surface area contributed by atoms with Gasteiger partial charge in [-0.1, -0.05) is 54.6 Å². The molecular formula is C23H24N4O. The van der Waals surface area contributed by atoms with E-state index in [0.29, 0.717) is 24.7 Å². The van der Waals surface area contributed by atoms with Crippen LogP contribution in [-0.4, -0.2) is 27.3 Å². The Hall–Kier alpha value is -3.21. The lowest BCUT2D eigenvalue weighted by atomic mass is 10.00. The fourth-order valence-corrected chi connectivity index (χ4v) is 3.59. The molecule has 0 saturated heterocycles. The number of nitrogens with zero attached hydrogens (tertiary/aromatic N) is 3. The molecular weight excluding hydrogens is 348 g/mol. The van der Waals surface area contributed by atoms with Gasteiger partial charge in [0.1, 0.15) is 5.69 Å². The molecule has 2 aromatic carbocycles. The number of aryl methyl sites for hydroxylation is 1. The average molecular weight is 372 g/mol. The predicted molar refractivity (Wildman–Crippen MR) is 110 cm³/mol. The van der Waals surface area contributed by atoms with Crippen LogP contribution in [0.15, 0.2) is 60.7 Å². The Morgan fingerprint density at radius 1 is 1.04 bits per heavy atom. The van der Waals surface area contributed by atoms with E-state index in [1.165, 1.54) is 11.1 Å². The Bertz CT molecular complexity index is 987. The van der Waals surface area contributed by atoms with Gasteiger partial charge in [0, 0.05) is 18.8 Å². The van der Waals surface area contributed by atoms with Crippen molar-refractivity contribution in [3.05, 3.63) is 88.7 Å². The summed E-state index contributed by atoms with van der Waals surface area (Å²) in [7, 11) is 0. The summed E-state index contributed by atoms with van der Waals surface area (Å²) in [6.07, 6.45) is 0.877. The lowest BCUT2D eigenvalue weighted by molar-refractivity contribution is 0.0728. The largest absolute Gasteiger partial charge is 0.348 e. The Balaban J connectivity index is 1.53. The predicted octanol–water partition coefficient (Wildman–Crippen LogP) is 4.16. The molecule has 1 atom stereocenters. The fraction of sp³-hybridized carbons (Fsp3) is 0.261. The highest BCUT2D eigenvalue weighted by atomic mass is 16.2. The van der Waals surface area contributed by atoms with Gasteiger partial charge >= 0.3 is 0 Å². The Kier molecular flexibility index (Phi) is 5.06. The highest BCUT2D eigenvalue weighted by molar-refractivity contribution is 5.92. The van der Waals surface area contributed by atoms with Gasteiger partial charge in [0.05, 0.1) is 6.04 Å². The SMILES string of the molecule is Cc1cc(C(=O)N2CCc3ccccc3C2)nc(NC(C)c2ccccc2)n1. The summed E-state index contributed by atoms with van der Waals surface area (Å²) < 4.78 is 0. The third-order valence-corrected chi connectivity index (χ3v) is 5.14. The molecule has 1 aliphatic rings. The first-order chi connectivity index (χ1) is 13.6. The van der Waals surface area contributed by atoms with Crippen molar-refractivity contribution in [3.63, 3.8) is 0 Å². The van der Waals surface area contributed by atoms with Crippen LogP contribution in [0.25, 0.3) is 0 Å². The monoisotopic (exact) mass is 372 g/mol. The van der Waals surface area contributed by atoms with Crippen LogP contribution in [0.3, 0.4) is 0 Å². The molecule has 4 rings (SSSR count). The van der Waals surface area contributed by atoms with Crippen molar-refractivity contribution < 1.29 is 4.79 Å². The number of benzene rings is 2. The van der Waals surface area contributed by atoms with Gasteiger partial charge in [0.2, 0.25) is 5.95 Å². The van der Waals surface area contributed by atoms with Crippen LogP contribution in [0.2, 0.25) is 0 Å². The summed E-state index contributed by atoms with van der Waals surface area (Å²) in [6.45, 7) is 5.29. The van der Waals surface area contributed by atoms with E-state index in [1.54, 1.807) is 6.07 Å². The third kappa shape index (κ3) is 3.88. The van der Waals surface area contributed by atoms with Crippen molar-refractivity contribution in [1.29, 1.82) is 0 Å². The van der Waals surface area contributed by atoms with E-state index in [4.69, 9.17) is 0 Å². The number of rotatable bonds is 4. The van der Waals surface area contributed by atoms with Crippen LogP contribution >= 0.6 is 0 Å². The summed E-state index contributed by atoms with van der Waals surface area (Å²) in [5, 5.41) is 3.32. The van der Waals surface area contributed by atoms with Crippen LogP contribution in [0.1, 0.15) is 45.8 Å². The number of hydrogen-bond acceptors (Lipinski definition) is 4. The van der Waals surface area contributed by atoms with Crippen molar-refractivity contribution >= 4 is 11.9 Å². The molecule has 3 aromatic rings. The first-order valence-corrected chi connectivity index (χ1v) is 9.63. The maximum absolute atomic E-state index is 13.1. The molecule has 1 amide bonds. The minimum Gasteiger partial charge on any atom is -0.348 e. The molecule has 0 aliphatic carbocycles. The van der Waals surface area contributed by atoms with Crippen LogP contribution in [0, 0.1) is 6.92 Å². The van der Waals surface area contributed by atoms with Gasteiger partial charge in [0.15, 0.2) is 0 Å². The quantitative estimate of drug-likeness (QED) is 0.747. The van der Waals surface area contributed by atoms with E-state index in [2.05, 4.69) is 52.5 Å². The number of fused-ring (bicyclic) bond motifs is 1. The number of anilines is 1. The zero-order chi connectivity index (χ0) is 19.5. The van der Waals surface area contributed by atoms with Gasteiger partial charge in [-0.15, -0.1) is 0 Å². The number of nitrogens with one attached hydrogen (secondary N) is 1. The average Bonchev–Trinajstić information content (AvgIpc) is 2.73. The first kappa shape index (κ1) is 18.2. The summed E-state index contributed by atoms with van der Waals surface area (Å²) in [5.74, 6) is 0.438. The molecule has 142 valence electrons. The van der Waals surface area contributed by atoms with Gasteiger partial charge in [-0.25, -0.2) is 9.97 Å². The van der Waals surface area contributed by atoms with Crippen LogP contribution < -0.4 is 5.32 Å². The second kappa shape index (κ2) is 7.80. The van der Waals surface area contributed by atoms with Crippen LogP contribution in [-0.2, 0) is 13.0 Å². The van der Waals surface area contributed by atoms with Gasteiger partial charge in [-0.3, -0.25) is 4.79 Å². The van der Waals surface area contributed by atoms with Crippen molar-refractivity contribution in [2.75, 3.05) is 11.9 Å². The Morgan fingerprint density at radius 2 is 1.75 bits per heavy atom. The highest BCUT2D eigenvalue weighted by Crippen LogP contribution is 2.21. The number of amides is 1. The number of hydrogen-bond donors (Lipinski definition) is 1. The molecule has 1 aliphatic heterocycles. The van der Waals surface area contributed by atoms with E-state index in [-0.39, 0.29) is 11.9 Å². The zero-order valence-corrected chi connectivity index (χ0v) is 16.2. The molecule has 5 heteroatoms. The Morgan fingerprint density at radius 3 is 2.54 bits per heavy atom.